The molecular formula is C13H13N3O2. The summed E-state index contributed by atoms with van der Waals surface area (Å²) in [6, 6.07) is 4.88. The van der Waals surface area contributed by atoms with Crippen LogP contribution in [0.2, 0.25) is 0 Å². The van der Waals surface area contributed by atoms with Crippen LogP contribution in [0.25, 0.3) is 0 Å². The van der Waals surface area contributed by atoms with Crippen LogP contribution in [0.5, 0.6) is 5.75 Å². The number of rotatable bonds is 4. The first kappa shape index (κ1) is 12.0. The zero-order chi connectivity index (χ0) is 13.0. The van der Waals surface area contributed by atoms with Crippen LogP contribution in [0, 0.1) is 0 Å². The number of nitrogens with zero attached hydrogens (tertiary/aromatic N) is 2. The molecule has 0 saturated carbocycles. The number of anilines is 1. The molecule has 0 amide bonds. The minimum Gasteiger partial charge on any atom is -0.492 e. The lowest BCUT2D eigenvalue weighted by molar-refractivity contribution is 0.103. The Morgan fingerprint density at radius 1 is 1.33 bits per heavy atom. The van der Waals surface area contributed by atoms with E-state index in [4.69, 9.17) is 10.5 Å². The van der Waals surface area contributed by atoms with Gasteiger partial charge in [0.2, 0.25) is 5.78 Å². The van der Waals surface area contributed by atoms with Gasteiger partial charge in [0.15, 0.2) is 0 Å². The highest BCUT2D eigenvalue weighted by atomic mass is 16.5. The van der Waals surface area contributed by atoms with Gasteiger partial charge in [-0.15, -0.1) is 0 Å². The molecule has 5 heteroatoms. The van der Waals surface area contributed by atoms with Crippen molar-refractivity contribution >= 4 is 11.5 Å². The van der Waals surface area contributed by atoms with Crippen molar-refractivity contribution < 1.29 is 9.53 Å². The standard InChI is InChI=1S/C13H13N3O2/c1-2-18-11-5-9(6-15-8-11)13(17)12-4-3-10(14)7-16-12/h3-8H,2,14H2,1H3. The quantitative estimate of drug-likeness (QED) is 0.827. The molecule has 0 radical (unpaired) electrons. The third-order valence-corrected chi connectivity index (χ3v) is 2.31. The van der Waals surface area contributed by atoms with E-state index < -0.39 is 0 Å². The van der Waals surface area contributed by atoms with Crippen molar-refractivity contribution in [2.45, 2.75) is 6.92 Å². The van der Waals surface area contributed by atoms with Gasteiger partial charge in [-0.2, -0.15) is 0 Å². The van der Waals surface area contributed by atoms with Gasteiger partial charge in [-0.3, -0.25) is 14.8 Å². The first-order chi connectivity index (χ1) is 8.70. The van der Waals surface area contributed by atoms with Crippen LogP contribution in [-0.4, -0.2) is 22.4 Å². The number of hydrogen-bond donors (Lipinski definition) is 1. The molecule has 2 aromatic heterocycles. The van der Waals surface area contributed by atoms with E-state index in [1.165, 1.54) is 12.4 Å². The summed E-state index contributed by atoms with van der Waals surface area (Å²) in [7, 11) is 0. The Hall–Kier alpha value is -2.43. The highest BCUT2D eigenvalue weighted by Gasteiger charge is 2.11. The second-order valence-corrected chi connectivity index (χ2v) is 3.65. The Labute approximate surface area is 105 Å². The topological polar surface area (TPSA) is 78.1 Å². The molecule has 0 aliphatic rings. The summed E-state index contributed by atoms with van der Waals surface area (Å²) in [6.45, 7) is 2.40. The maximum absolute atomic E-state index is 12.1. The van der Waals surface area contributed by atoms with Crippen LogP contribution in [0.15, 0.2) is 36.8 Å². The van der Waals surface area contributed by atoms with Gasteiger partial charge in [0.25, 0.3) is 0 Å². The van der Waals surface area contributed by atoms with Gasteiger partial charge in [0.1, 0.15) is 11.4 Å². The fourth-order valence-corrected chi connectivity index (χ4v) is 1.48. The smallest absolute Gasteiger partial charge is 0.213 e. The summed E-state index contributed by atoms with van der Waals surface area (Å²) in [5.41, 5.74) is 6.82. The van der Waals surface area contributed by atoms with Crippen molar-refractivity contribution in [1.29, 1.82) is 0 Å². The predicted octanol–water partition coefficient (Wildman–Crippen LogP) is 1.69. The van der Waals surface area contributed by atoms with Crippen molar-refractivity contribution in [2.75, 3.05) is 12.3 Å². The minimum absolute atomic E-state index is 0.205. The zero-order valence-corrected chi connectivity index (χ0v) is 9.96. The number of carbonyl (C=O) groups is 1. The Kier molecular flexibility index (Phi) is 3.52. The van der Waals surface area contributed by atoms with Crippen LogP contribution < -0.4 is 10.5 Å². The van der Waals surface area contributed by atoms with Crippen LogP contribution in [0.3, 0.4) is 0 Å². The largest absolute Gasteiger partial charge is 0.492 e. The third kappa shape index (κ3) is 2.63. The molecule has 18 heavy (non-hydrogen) atoms. The van der Waals surface area contributed by atoms with E-state index >= 15 is 0 Å². The van der Waals surface area contributed by atoms with Gasteiger partial charge in [-0.05, 0) is 25.1 Å². The number of carbonyl (C=O) groups excluding carboxylic acids is 1. The first-order valence-corrected chi connectivity index (χ1v) is 5.54. The fraction of sp³-hybridized carbons (Fsp3) is 0.154. The summed E-state index contributed by atoms with van der Waals surface area (Å²) < 4.78 is 5.30. The second kappa shape index (κ2) is 5.27. The van der Waals surface area contributed by atoms with Gasteiger partial charge < -0.3 is 10.5 Å². The molecule has 0 spiro atoms. The summed E-state index contributed by atoms with van der Waals surface area (Å²) in [5, 5.41) is 0. The maximum atomic E-state index is 12.1. The van der Waals surface area contributed by atoms with Gasteiger partial charge in [0.05, 0.1) is 24.7 Å². The van der Waals surface area contributed by atoms with Crippen molar-refractivity contribution in [3.63, 3.8) is 0 Å². The van der Waals surface area contributed by atoms with Crippen LogP contribution in [0.1, 0.15) is 23.0 Å². The van der Waals surface area contributed by atoms with Gasteiger partial charge >= 0.3 is 0 Å². The third-order valence-electron chi connectivity index (χ3n) is 2.31. The summed E-state index contributed by atoms with van der Waals surface area (Å²) in [4.78, 5) is 20.1. The molecule has 0 unspecified atom stereocenters. The molecule has 0 saturated heterocycles. The lowest BCUT2D eigenvalue weighted by atomic mass is 10.1. The fourth-order valence-electron chi connectivity index (χ4n) is 1.48. The van der Waals surface area contributed by atoms with E-state index in [2.05, 4.69) is 9.97 Å². The molecule has 2 heterocycles. The molecule has 92 valence electrons. The number of ketones is 1. The Morgan fingerprint density at radius 3 is 2.83 bits per heavy atom. The maximum Gasteiger partial charge on any atom is 0.213 e. The van der Waals surface area contributed by atoms with E-state index in [1.54, 1.807) is 24.4 Å². The lowest BCUT2D eigenvalue weighted by Gasteiger charge is -2.04. The second-order valence-electron chi connectivity index (χ2n) is 3.65. The number of nitrogens with two attached hydrogens (primary N) is 1. The zero-order valence-electron chi connectivity index (χ0n) is 9.96. The number of pyridine rings is 2. The van der Waals surface area contributed by atoms with Gasteiger partial charge in [-0.25, -0.2) is 0 Å². The van der Waals surface area contributed by atoms with E-state index in [0.717, 1.165) is 0 Å². The monoisotopic (exact) mass is 243 g/mol. The molecule has 0 aliphatic carbocycles. The molecule has 0 aromatic carbocycles. The molecule has 0 atom stereocenters. The number of hydrogen-bond acceptors (Lipinski definition) is 5. The minimum atomic E-state index is -0.205. The normalized spacial score (nSPS) is 10.1. The molecule has 0 bridgehead atoms. The van der Waals surface area contributed by atoms with E-state index in [0.29, 0.717) is 29.3 Å². The molecular weight excluding hydrogens is 230 g/mol. The molecule has 5 nitrogen and oxygen atoms in total. The van der Waals surface area contributed by atoms with E-state index in [1.807, 2.05) is 6.92 Å². The highest BCUT2D eigenvalue weighted by molar-refractivity contribution is 6.07. The average molecular weight is 243 g/mol. The summed E-state index contributed by atoms with van der Waals surface area (Å²) in [6.07, 6.45) is 4.51. The van der Waals surface area contributed by atoms with Crippen LogP contribution in [-0.2, 0) is 0 Å². The van der Waals surface area contributed by atoms with Crippen LogP contribution in [0.4, 0.5) is 5.69 Å². The molecule has 2 rings (SSSR count). The molecule has 0 fully saturated rings. The van der Waals surface area contributed by atoms with Crippen molar-refractivity contribution in [3.8, 4) is 5.75 Å². The number of aromatic nitrogens is 2. The number of ether oxygens (including phenoxy) is 1. The first-order valence-electron chi connectivity index (χ1n) is 5.54. The summed E-state index contributed by atoms with van der Waals surface area (Å²) in [5.74, 6) is 0.364. The Morgan fingerprint density at radius 2 is 2.17 bits per heavy atom. The van der Waals surface area contributed by atoms with E-state index in [-0.39, 0.29) is 5.78 Å². The van der Waals surface area contributed by atoms with Crippen molar-refractivity contribution in [2.24, 2.45) is 0 Å². The molecule has 0 aliphatic heterocycles. The van der Waals surface area contributed by atoms with Crippen molar-refractivity contribution in [3.05, 3.63) is 48.0 Å². The Bertz CT molecular complexity index is 552. The van der Waals surface area contributed by atoms with E-state index in [9.17, 15) is 4.79 Å². The summed E-state index contributed by atoms with van der Waals surface area (Å²) >= 11 is 0. The van der Waals surface area contributed by atoms with Crippen molar-refractivity contribution in [1.82, 2.24) is 9.97 Å². The average Bonchev–Trinajstić information content (AvgIpc) is 2.39. The number of nitrogen functional groups attached to an aromatic ring is 1. The SMILES string of the molecule is CCOc1cncc(C(=O)c2ccc(N)cn2)c1. The highest BCUT2D eigenvalue weighted by Crippen LogP contribution is 2.14. The Balaban J connectivity index is 2.28. The lowest BCUT2D eigenvalue weighted by Crippen LogP contribution is -2.05. The van der Waals surface area contributed by atoms with Gasteiger partial charge in [0, 0.05) is 11.8 Å². The predicted molar refractivity (Wildman–Crippen MR) is 67.5 cm³/mol. The molecule has 2 aromatic rings. The van der Waals surface area contributed by atoms with Crippen LogP contribution >= 0.6 is 0 Å². The van der Waals surface area contributed by atoms with Gasteiger partial charge in [-0.1, -0.05) is 0 Å². The molecule has 2 N–H and O–H groups in total.